The van der Waals surface area contributed by atoms with Gasteiger partial charge in [0.2, 0.25) is 11.8 Å². The minimum Gasteiger partial charge on any atom is -0.444 e. The largest absolute Gasteiger partial charge is 0.444 e. The molecule has 5 rings (SSSR count). The number of nitrogens with zero attached hydrogens (tertiary/aromatic N) is 1. The van der Waals surface area contributed by atoms with Gasteiger partial charge in [-0.1, -0.05) is 78.9 Å². The van der Waals surface area contributed by atoms with Gasteiger partial charge in [0.05, 0.1) is 25.3 Å². The molecule has 2 heterocycles. The molecule has 5 N–H and O–H groups in total. The fraction of sp³-hybridized carbons (Fsp3) is 0.463. The lowest BCUT2D eigenvalue weighted by Crippen LogP contribution is -2.54. The third kappa shape index (κ3) is 12.9. The number of rotatable bonds is 8. The molecule has 2 aliphatic rings. The molecular weight excluding hydrogens is 676 g/mol. The summed E-state index contributed by atoms with van der Waals surface area (Å²) in [7, 11) is 0. The number of carbonyl (C=O) groups is 4. The second-order valence-electron chi connectivity index (χ2n) is 15.5. The molecule has 0 radical (unpaired) electrons. The van der Waals surface area contributed by atoms with Crippen molar-refractivity contribution >= 4 is 24.0 Å². The molecule has 53 heavy (non-hydrogen) atoms. The number of piperidine rings is 2. The Labute approximate surface area is 313 Å². The zero-order valence-electron chi connectivity index (χ0n) is 31.6. The summed E-state index contributed by atoms with van der Waals surface area (Å²) in [4.78, 5) is 50.9. The Hall–Kier alpha value is -4.94. The normalized spacial score (nSPS) is 20.3. The topological polar surface area (TPSA) is 167 Å². The number of likely N-dealkylation sites (tertiary alicyclic amines) is 1. The van der Waals surface area contributed by atoms with Gasteiger partial charge in [-0.2, -0.15) is 0 Å². The molecule has 4 atom stereocenters. The minimum atomic E-state index is -0.601. The minimum absolute atomic E-state index is 0. The summed E-state index contributed by atoms with van der Waals surface area (Å²) in [6, 6.07) is 24.3. The average Bonchev–Trinajstić information content (AvgIpc) is 3.09. The van der Waals surface area contributed by atoms with Crippen molar-refractivity contribution in [2.75, 3.05) is 13.1 Å². The molecule has 12 heteroatoms. The van der Waals surface area contributed by atoms with Crippen LogP contribution in [0, 0.1) is 0 Å². The van der Waals surface area contributed by atoms with E-state index in [1.165, 1.54) is 0 Å². The predicted octanol–water partition coefficient (Wildman–Crippen LogP) is 5.51. The summed E-state index contributed by atoms with van der Waals surface area (Å²) in [5, 5.41) is 27.0. The van der Waals surface area contributed by atoms with Crippen molar-refractivity contribution in [1.82, 2.24) is 20.9 Å². The molecule has 12 nitrogen and oxygen atoms in total. The van der Waals surface area contributed by atoms with E-state index in [9.17, 15) is 24.3 Å². The van der Waals surface area contributed by atoms with E-state index in [2.05, 4.69) is 16.0 Å². The number of aliphatic hydroxyl groups excluding tert-OH is 2. The Bertz CT molecular complexity index is 1670. The van der Waals surface area contributed by atoms with Crippen LogP contribution >= 0.6 is 0 Å². The Morgan fingerprint density at radius 1 is 0.717 bits per heavy atom. The van der Waals surface area contributed by atoms with Crippen LogP contribution in [-0.2, 0) is 38.8 Å². The van der Waals surface area contributed by atoms with Crippen molar-refractivity contribution < 1.29 is 40.3 Å². The summed E-state index contributed by atoms with van der Waals surface area (Å²) in [6.45, 7) is 12.1. The van der Waals surface area contributed by atoms with E-state index in [0.29, 0.717) is 32.5 Å². The maximum absolute atomic E-state index is 12.9. The number of nitrogens with one attached hydrogen (secondary N) is 3. The monoisotopic (exact) mass is 733 g/mol. The Balaban J connectivity index is 0.000000295. The van der Waals surface area contributed by atoms with E-state index in [-0.39, 0.29) is 50.4 Å². The first kappa shape index (κ1) is 40.8. The summed E-state index contributed by atoms with van der Waals surface area (Å²) >= 11 is 0. The molecule has 2 aliphatic heterocycles. The van der Waals surface area contributed by atoms with Crippen LogP contribution in [0.2, 0.25) is 0 Å². The standard InChI is InChI=1S/C24H30N2O4.C17H24N2O4.H2/c1-24(2,3)30-23(29)25-21-15-26(14-17-7-5-4-6-8-17)22(28)13-20(21)19-11-9-18(16-27)10-12-19;1-17(2,3)23-16(22)19-14-9-18-15(21)8-13(14)12-6-4-11(10-20)5-7-12;/h4-12,20-21,27H,13-16H2,1-3H3,(H,25,29);4-7,13-14,20H,8-10H2,1-3H3,(H,18,21)(H,19,22);1H/t20-,21+;13-,14+;/m11./s1/i;;1+1. The molecule has 4 amide bonds. The van der Waals surface area contributed by atoms with Gasteiger partial charge >= 0.3 is 12.2 Å². The van der Waals surface area contributed by atoms with Gasteiger partial charge in [-0.15, -0.1) is 0 Å². The van der Waals surface area contributed by atoms with Crippen LogP contribution in [-0.4, -0.2) is 75.5 Å². The van der Waals surface area contributed by atoms with Crippen LogP contribution in [0.1, 0.15) is 95.5 Å². The Kier molecular flexibility index (Phi) is 14.0. The maximum atomic E-state index is 12.9. The number of hydrogen-bond donors (Lipinski definition) is 5. The molecule has 0 unspecified atom stereocenters. The lowest BCUT2D eigenvalue weighted by atomic mass is 9.84. The van der Waals surface area contributed by atoms with Gasteiger partial charge in [0, 0.05) is 45.7 Å². The fourth-order valence-electron chi connectivity index (χ4n) is 6.32. The van der Waals surface area contributed by atoms with Crippen LogP contribution in [0.4, 0.5) is 9.59 Å². The van der Waals surface area contributed by atoms with Crippen molar-refractivity contribution in [2.24, 2.45) is 0 Å². The first-order chi connectivity index (χ1) is 25.0. The maximum Gasteiger partial charge on any atom is 0.407 e. The molecule has 3 aromatic rings. The molecule has 0 bridgehead atoms. The predicted molar refractivity (Wildman–Crippen MR) is 203 cm³/mol. The smallest absolute Gasteiger partial charge is 0.407 e. The number of carbonyl (C=O) groups excluding carboxylic acids is 4. The lowest BCUT2D eigenvalue weighted by Gasteiger charge is -2.39. The quantitative estimate of drug-likeness (QED) is 0.202. The third-order valence-corrected chi connectivity index (χ3v) is 8.86. The molecule has 0 aliphatic carbocycles. The van der Waals surface area contributed by atoms with E-state index >= 15 is 0 Å². The van der Waals surface area contributed by atoms with E-state index in [4.69, 9.17) is 14.6 Å². The molecule has 2 saturated heterocycles. The van der Waals surface area contributed by atoms with E-state index in [1.807, 2.05) is 99.6 Å². The van der Waals surface area contributed by atoms with Crippen molar-refractivity contribution in [2.45, 2.75) is 109 Å². The van der Waals surface area contributed by atoms with Crippen LogP contribution in [0.3, 0.4) is 0 Å². The Morgan fingerprint density at radius 2 is 1.19 bits per heavy atom. The van der Waals surface area contributed by atoms with Crippen molar-refractivity contribution in [3.63, 3.8) is 0 Å². The molecule has 288 valence electrons. The highest BCUT2D eigenvalue weighted by atomic mass is 16.6. The number of aliphatic hydroxyl groups is 2. The molecule has 2 fully saturated rings. The Morgan fingerprint density at radius 3 is 1.66 bits per heavy atom. The van der Waals surface area contributed by atoms with Gasteiger partial charge < -0.3 is 40.5 Å². The van der Waals surface area contributed by atoms with Crippen LogP contribution < -0.4 is 16.0 Å². The van der Waals surface area contributed by atoms with Gasteiger partial charge in [-0.05, 0) is 69.4 Å². The number of amides is 4. The lowest BCUT2D eigenvalue weighted by molar-refractivity contribution is -0.135. The first-order valence-corrected chi connectivity index (χ1v) is 18.0. The van der Waals surface area contributed by atoms with E-state index < -0.39 is 23.4 Å². The molecule has 0 spiro atoms. The molecule has 0 aromatic heterocycles. The van der Waals surface area contributed by atoms with Gasteiger partial charge in [0.1, 0.15) is 11.2 Å². The first-order valence-electron chi connectivity index (χ1n) is 18.0. The van der Waals surface area contributed by atoms with Crippen molar-refractivity contribution in [3.8, 4) is 0 Å². The van der Waals surface area contributed by atoms with Crippen molar-refractivity contribution in [1.29, 1.82) is 0 Å². The van der Waals surface area contributed by atoms with E-state index in [0.717, 1.165) is 27.8 Å². The fourth-order valence-corrected chi connectivity index (χ4v) is 6.32. The number of hydrogen-bond acceptors (Lipinski definition) is 8. The molecule has 0 saturated carbocycles. The highest BCUT2D eigenvalue weighted by Crippen LogP contribution is 2.31. The molecule has 3 aromatic carbocycles. The van der Waals surface area contributed by atoms with Crippen LogP contribution in [0.25, 0.3) is 0 Å². The SMILES string of the molecule is CC(C)(C)OC(=O)N[C@H]1CN(Cc2ccccc2)C(=O)C[C@@H]1c1ccc(CO)cc1.CC(C)(C)OC(=O)N[C@H]1CNC(=O)C[C@@H]1c1ccc(CO)cc1.[2HH]. The van der Waals surface area contributed by atoms with Crippen LogP contribution in [0.5, 0.6) is 0 Å². The zero-order chi connectivity index (χ0) is 38.8. The summed E-state index contributed by atoms with van der Waals surface area (Å²) < 4.78 is 10.7. The summed E-state index contributed by atoms with van der Waals surface area (Å²) in [6.07, 6.45) is -0.376. The summed E-state index contributed by atoms with van der Waals surface area (Å²) in [5.41, 5.74) is 3.41. The second-order valence-corrected chi connectivity index (χ2v) is 15.5. The highest BCUT2D eigenvalue weighted by Gasteiger charge is 2.37. The van der Waals surface area contributed by atoms with Gasteiger partial charge in [0.15, 0.2) is 0 Å². The second kappa shape index (κ2) is 18.2. The number of benzene rings is 3. The number of ether oxygens (including phenoxy) is 2. The molecular formula is C41H56N4O8. The van der Waals surface area contributed by atoms with Crippen molar-refractivity contribution in [3.05, 3.63) is 107 Å². The van der Waals surface area contributed by atoms with Gasteiger partial charge in [-0.25, -0.2) is 9.59 Å². The van der Waals surface area contributed by atoms with Gasteiger partial charge in [0.25, 0.3) is 0 Å². The van der Waals surface area contributed by atoms with Crippen LogP contribution in [0.15, 0.2) is 78.9 Å². The van der Waals surface area contributed by atoms with E-state index in [1.54, 1.807) is 25.7 Å². The number of alkyl carbamates (subject to hydrolysis) is 2. The summed E-state index contributed by atoms with van der Waals surface area (Å²) in [5.74, 6) is -0.269. The van der Waals surface area contributed by atoms with Gasteiger partial charge in [-0.3, -0.25) is 9.59 Å². The third-order valence-electron chi connectivity index (χ3n) is 8.86. The average molecular weight is 734 g/mol. The zero-order valence-corrected chi connectivity index (χ0v) is 31.6. The highest BCUT2D eigenvalue weighted by molar-refractivity contribution is 5.80.